The van der Waals surface area contributed by atoms with E-state index in [1.54, 1.807) is 6.92 Å². The minimum absolute atomic E-state index is 0.261. The smallest absolute Gasteiger partial charge is 0.302 e. The lowest BCUT2D eigenvalue weighted by Crippen LogP contribution is -2.25. The molecule has 0 unspecified atom stereocenters. The quantitative estimate of drug-likeness (QED) is 0.560. The summed E-state index contributed by atoms with van der Waals surface area (Å²) in [6.45, 7) is 3.14. The lowest BCUT2D eigenvalue weighted by Gasteiger charge is -2.19. The molecular weight excluding hydrogens is 216 g/mol. The number of hydrogen-bond acceptors (Lipinski definition) is 3. The second-order valence-electron chi connectivity index (χ2n) is 4.17. The number of esters is 1. The number of aldehydes is 1. The molecule has 2 atom stereocenters. The number of hydrogen-bond donors (Lipinski definition) is 0. The van der Waals surface area contributed by atoms with Gasteiger partial charge in [0.25, 0.3) is 0 Å². The van der Waals surface area contributed by atoms with Crippen LogP contribution < -0.4 is 0 Å². The lowest BCUT2D eigenvalue weighted by molar-refractivity contribution is -0.149. The van der Waals surface area contributed by atoms with Gasteiger partial charge in [-0.15, -0.1) is 0 Å². The van der Waals surface area contributed by atoms with Crippen molar-refractivity contribution in [3.05, 3.63) is 35.9 Å². The van der Waals surface area contributed by atoms with Crippen molar-refractivity contribution in [1.82, 2.24) is 0 Å². The predicted molar refractivity (Wildman–Crippen MR) is 65.5 cm³/mol. The van der Waals surface area contributed by atoms with Crippen LogP contribution in [0.1, 0.15) is 25.8 Å². The van der Waals surface area contributed by atoms with E-state index in [-0.39, 0.29) is 18.0 Å². The third kappa shape index (κ3) is 4.81. The van der Waals surface area contributed by atoms with Crippen LogP contribution in [0.4, 0.5) is 0 Å². The summed E-state index contributed by atoms with van der Waals surface area (Å²) in [5.74, 6) is -0.598. The summed E-state index contributed by atoms with van der Waals surface area (Å²) in [5, 5.41) is 0. The average molecular weight is 234 g/mol. The zero-order valence-electron chi connectivity index (χ0n) is 10.3. The van der Waals surface area contributed by atoms with Gasteiger partial charge in [0.05, 0.1) is 0 Å². The van der Waals surface area contributed by atoms with Crippen molar-refractivity contribution >= 4 is 12.3 Å². The molecule has 17 heavy (non-hydrogen) atoms. The highest BCUT2D eigenvalue weighted by Crippen LogP contribution is 2.14. The maximum absolute atomic E-state index is 10.9. The van der Waals surface area contributed by atoms with E-state index in [0.29, 0.717) is 6.42 Å². The van der Waals surface area contributed by atoms with E-state index in [1.807, 2.05) is 30.3 Å². The van der Waals surface area contributed by atoms with Gasteiger partial charge < -0.3 is 9.53 Å². The van der Waals surface area contributed by atoms with Crippen LogP contribution in [0, 0.1) is 5.92 Å². The third-order valence-corrected chi connectivity index (χ3v) is 2.68. The Morgan fingerprint density at radius 3 is 2.53 bits per heavy atom. The Labute approximate surface area is 102 Å². The van der Waals surface area contributed by atoms with Crippen molar-refractivity contribution in [2.45, 2.75) is 32.8 Å². The van der Waals surface area contributed by atoms with Crippen molar-refractivity contribution in [3.63, 3.8) is 0 Å². The molecule has 92 valence electrons. The highest BCUT2D eigenvalue weighted by Gasteiger charge is 2.19. The highest BCUT2D eigenvalue weighted by atomic mass is 16.5. The van der Waals surface area contributed by atoms with E-state index in [4.69, 9.17) is 4.74 Å². The van der Waals surface area contributed by atoms with Gasteiger partial charge in [-0.05, 0) is 18.4 Å². The van der Waals surface area contributed by atoms with Crippen LogP contribution in [0.25, 0.3) is 0 Å². The van der Waals surface area contributed by atoms with Crippen molar-refractivity contribution in [2.24, 2.45) is 5.92 Å². The molecule has 1 aromatic rings. The van der Waals surface area contributed by atoms with Gasteiger partial charge in [-0.3, -0.25) is 4.79 Å². The molecule has 0 saturated carbocycles. The van der Waals surface area contributed by atoms with Gasteiger partial charge in [-0.25, -0.2) is 0 Å². The number of carbonyl (C=O) groups is 2. The van der Waals surface area contributed by atoms with Gasteiger partial charge in [0.2, 0.25) is 0 Å². The number of ether oxygens (including phenoxy) is 1. The third-order valence-electron chi connectivity index (χ3n) is 2.68. The second kappa shape index (κ2) is 6.84. The fraction of sp³-hybridized carbons (Fsp3) is 0.429. The standard InChI is InChI=1S/C14H18O3/c1-11(10-15)14(17-12(2)16)9-8-13-6-4-3-5-7-13/h3-7,10-11,14H,8-9H2,1-2H3/t11-,14+/m0/s1. The summed E-state index contributed by atoms with van der Waals surface area (Å²) in [6.07, 6.45) is 1.98. The Morgan fingerprint density at radius 1 is 1.35 bits per heavy atom. The molecule has 0 fully saturated rings. The normalized spacial score (nSPS) is 13.8. The van der Waals surface area contributed by atoms with Crippen molar-refractivity contribution in [2.75, 3.05) is 0 Å². The first-order valence-corrected chi connectivity index (χ1v) is 5.80. The number of rotatable bonds is 6. The molecule has 0 aromatic heterocycles. The summed E-state index contributed by atoms with van der Waals surface area (Å²) in [6, 6.07) is 9.95. The Balaban J connectivity index is 2.54. The molecule has 0 amide bonds. The molecule has 0 N–H and O–H groups in total. The number of carbonyl (C=O) groups excluding carboxylic acids is 2. The Morgan fingerprint density at radius 2 is 2.00 bits per heavy atom. The largest absolute Gasteiger partial charge is 0.462 e. The van der Waals surface area contributed by atoms with Crippen LogP contribution in [-0.2, 0) is 20.7 Å². The molecule has 0 aliphatic rings. The second-order valence-corrected chi connectivity index (χ2v) is 4.17. The maximum Gasteiger partial charge on any atom is 0.302 e. The molecule has 0 bridgehead atoms. The summed E-state index contributed by atoms with van der Waals surface area (Å²) in [5.41, 5.74) is 1.18. The highest BCUT2D eigenvalue weighted by molar-refractivity contribution is 5.66. The van der Waals surface area contributed by atoms with Gasteiger partial charge in [0, 0.05) is 12.8 Å². The fourth-order valence-electron chi connectivity index (χ4n) is 1.68. The van der Waals surface area contributed by atoms with Gasteiger partial charge in [-0.1, -0.05) is 37.3 Å². The minimum atomic E-state index is -0.336. The van der Waals surface area contributed by atoms with E-state index < -0.39 is 0 Å². The molecule has 3 nitrogen and oxygen atoms in total. The van der Waals surface area contributed by atoms with Crippen LogP contribution in [0.15, 0.2) is 30.3 Å². The van der Waals surface area contributed by atoms with Gasteiger partial charge in [0.1, 0.15) is 12.4 Å². The van der Waals surface area contributed by atoms with Crippen molar-refractivity contribution in [1.29, 1.82) is 0 Å². The molecule has 0 saturated heterocycles. The van der Waals surface area contributed by atoms with E-state index in [1.165, 1.54) is 12.5 Å². The van der Waals surface area contributed by atoms with Gasteiger partial charge in [-0.2, -0.15) is 0 Å². The van der Waals surface area contributed by atoms with E-state index in [0.717, 1.165) is 12.7 Å². The predicted octanol–water partition coefficient (Wildman–Crippen LogP) is 2.39. The van der Waals surface area contributed by atoms with Crippen LogP contribution in [0.3, 0.4) is 0 Å². The van der Waals surface area contributed by atoms with E-state index in [9.17, 15) is 9.59 Å². The van der Waals surface area contributed by atoms with Crippen molar-refractivity contribution < 1.29 is 14.3 Å². The monoisotopic (exact) mass is 234 g/mol. The van der Waals surface area contributed by atoms with E-state index in [2.05, 4.69) is 0 Å². The molecule has 1 rings (SSSR count). The summed E-state index contributed by atoms with van der Waals surface area (Å²) in [4.78, 5) is 21.7. The van der Waals surface area contributed by atoms with Gasteiger partial charge in [0.15, 0.2) is 0 Å². The van der Waals surface area contributed by atoms with Gasteiger partial charge >= 0.3 is 5.97 Å². The summed E-state index contributed by atoms with van der Waals surface area (Å²) < 4.78 is 5.15. The summed E-state index contributed by atoms with van der Waals surface area (Å²) in [7, 11) is 0. The number of benzene rings is 1. The van der Waals surface area contributed by atoms with Crippen LogP contribution in [0.5, 0.6) is 0 Å². The topological polar surface area (TPSA) is 43.4 Å². The lowest BCUT2D eigenvalue weighted by atomic mass is 9.99. The molecule has 3 heteroatoms. The minimum Gasteiger partial charge on any atom is -0.462 e. The first-order valence-electron chi connectivity index (χ1n) is 5.80. The molecule has 0 aliphatic carbocycles. The SMILES string of the molecule is CC(=O)O[C@H](CCc1ccccc1)[C@@H](C)C=O. The first kappa shape index (κ1) is 13.4. The molecule has 0 spiro atoms. The average Bonchev–Trinajstić information content (AvgIpc) is 2.34. The Bertz CT molecular complexity index is 359. The van der Waals surface area contributed by atoms with Crippen LogP contribution in [-0.4, -0.2) is 18.4 Å². The zero-order chi connectivity index (χ0) is 12.7. The first-order chi connectivity index (χ1) is 8.13. The van der Waals surface area contributed by atoms with Crippen LogP contribution in [0.2, 0.25) is 0 Å². The Kier molecular flexibility index (Phi) is 5.40. The Hall–Kier alpha value is -1.64. The number of aryl methyl sites for hydroxylation is 1. The van der Waals surface area contributed by atoms with E-state index >= 15 is 0 Å². The molecule has 0 aliphatic heterocycles. The van der Waals surface area contributed by atoms with Crippen LogP contribution >= 0.6 is 0 Å². The maximum atomic E-state index is 10.9. The zero-order valence-corrected chi connectivity index (χ0v) is 10.3. The molecule has 0 radical (unpaired) electrons. The molecule has 1 aromatic carbocycles. The molecular formula is C14H18O3. The fourth-order valence-corrected chi connectivity index (χ4v) is 1.68. The molecule has 0 heterocycles. The summed E-state index contributed by atoms with van der Waals surface area (Å²) >= 11 is 0. The van der Waals surface area contributed by atoms with Crippen molar-refractivity contribution in [3.8, 4) is 0 Å².